The maximum Gasteiger partial charge on any atom is 0.341 e. The van der Waals surface area contributed by atoms with Crippen LogP contribution in [0.3, 0.4) is 0 Å². The van der Waals surface area contributed by atoms with Crippen LogP contribution >= 0.6 is 11.6 Å². The van der Waals surface area contributed by atoms with E-state index in [-0.39, 0.29) is 33.6 Å². The van der Waals surface area contributed by atoms with Crippen molar-refractivity contribution in [3.05, 3.63) is 81.9 Å². The van der Waals surface area contributed by atoms with Crippen molar-refractivity contribution in [1.82, 2.24) is 0 Å². The molecule has 1 aliphatic carbocycles. The number of aliphatic carboxylic acids is 1. The lowest BCUT2D eigenvalue weighted by molar-refractivity contribution is -0.139. The van der Waals surface area contributed by atoms with Gasteiger partial charge in [-0.3, -0.25) is 14.1 Å². The zero-order valence-electron chi connectivity index (χ0n) is 16.5. The molecule has 33 heavy (non-hydrogen) atoms. The molecule has 9 nitrogen and oxygen atoms in total. The standard InChI is InChI=1S/C22H14ClNO8S/c23-11-5-7-12(8-6-11)24(33(30)31)16-9-15-18(21(29)22(16)32-10-17(25)26)20(28)14-4-2-1-3-13(14)19(15)27/h1-9,29H,10H2,(H,25,26)(H,30,31). The van der Waals surface area contributed by atoms with Gasteiger partial charge in [-0.15, -0.1) is 0 Å². The third-order valence-electron chi connectivity index (χ3n) is 4.90. The maximum atomic E-state index is 13.1. The lowest BCUT2D eigenvalue weighted by atomic mass is 9.83. The number of ketones is 2. The fourth-order valence-electron chi connectivity index (χ4n) is 3.52. The van der Waals surface area contributed by atoms with Gasteiger partial charge in [0.05, 0.1) is 11.3 Å². The Hall–Kier alpha value is -3.73. The van der Waals surface area contributed by atoms with Crippen molar-refractivity contribution in [2.45, 2.75) is 0 Å². The van der Waals surface area contributed by atoms with Crippen molar-refractivity contribution >= 4 is 51.8 Å². The van der Waals surface area contributed by atoms with Crippen LogP contribution in [-0.2, 0) is 16.1 Å². The summed E-state index contributed by atoms with van der Waals surface area (Å²) in [6, 6.07) is 12.8. The van der Waals surface area contributed by atoms with Crippen LogP contribution in [0.25, 0.3) is 0 Å². The van der Waals surface area contributed by atoms with E-state index in [0.29, 0.717) is 5.02 Å². The van der Waals surface area contributed by atoms with Gasteiger partial charge in [0.1, 0.15) is 5.69 Å². The summed E-state index contributed by atoms with van der Waals surface area (Å²) in [5.41, 5.74) is -0.628. The number of phenols is 1. The number of ether oxygens (including phenoxy) is 1. The topological polar surface area (TPSA) is 141 Å². The fourth-order valence-corrected chi connectivity index (χ4v) is 4.25. The minimum Gasteiger partial charge on any atom is -0.504 e. The molecule has 0 radical (unpaired) electrons. The molecule has 4 rings (SSSR count). The van der Waals surface area contributed by atoms with Crippen molar-refractivity contribution in [3.8, 4) is 11.5 Å². The second-order valence-electron chi connectivity index (χ2n) is 6.88. The van der Waals surface area contributed by atoms with Crippen LogP contribution in [0, 0.1) is 0 Å². The minimum absolute atomic E-state index is 0.0579. The number of rotatable bonds is 6. The molecule has 0 bridgehead atoms. The van der Waals surface area contributed by atoms with E-state index in [9.17, 15) is 28.3 Å². The van der Waals surface area contributed by atoms with Gasteiger partial charge in [0.15, 0.2) is 29.7 Å². The van der Waals surface area contributed by atoms with E-state index in [0.717, 1.165) is 10.4 Å². The number of halogens is 1. The first-order valence-electron chi connectivity index (χ1n) is 9.30. The van der Waals surface area contributed by atoms with Crippen LogP contribution in [0.2, 0.25) is 5.02 Å². The fraction of sp³-hybridized carbons (Fsp3) is 0.0455. The van der Waals surface area contributed by atoms with Crippen molar-refractivity contribution < 1.29 is 38.1 Å². The van der Waals surface area contributed by atoms with Crippen molar-refractivity contribution in [2.24, 2.45) is 0 Å². The molecule has 0 saturated heterocycles. The molecular weight excluding hydrogens is 474 g/mol. The van der Waals surface area contributed by atoms with E-state index in [1.165, 1.54) is 36.4 Å². The normalized spacial score (nSPS) is 13.2. The molecule has 0 heterocycles. The van der Waals surface area contributed by atoms with Gasteiger partial charge in [0, 0.05) is 21.7 Å². The van der Waals surface area contributed by atoms with E-state index in [1.54, 1.807) is 12.1 Å². The Morgan fingerprint density at radius 2 is 1.61 bits per heavy atom. The van der Waals surface area contributed by atoms with Crippen LogP contribution in [0.4, 0.5) is 11.4 Å². The molecule has 168 valence electrons. The van der Waals surface area contributed by atoms with E-state index in [1.807, 2.05) is 0 Å². The van der Waals surface area contributed by atoms with Crippen LogP contribution in [-0.4, -0.2) is 43.1 Å². The van der Waals surface area contributed by atoms with Crippen LogP contribution < -0.4 is 9.04 Å². The number of fused-ring (bicyclic) bond motifs is 2. The number of aromatic hydroxyl groups is 1. The lowest BCUT2D eigenvalue weighted by Crippen LogP contribution is -2.25. The first-order chi connectivity index (χ1) is 15.7. The Bertz CT molecular complexity index is 1340. The summed E-state index contributed by atoms with van der Waals surface area (Å²) in [5.74, 6) is -4.03. The molecule has 0 aromatic heterocycles. The van der Waals surface area contributed by atoms with Gasteiger partial charge in [-0.25, -0.2) is 13.3 Å². The Balaban J connectivity index is 2.00. The summed E-state index contributed by atoms with van der Waals surface area (Å²) < 4.78 is 28.3. The second-order valence-corrected chi connectivity index (χ2v) is 8.15. The van der Waals surface area contributed by atoms with E-state index in [4.69, 9.17) is 21.4 Å². The number of nitrogens with zero attached hydrogens (tertiary/aromatic N) is 1. The molecular formula is C22H14ClNO8S. The summed E-state index contributed by atoms with van der Waals surface area (Å²) in [5, 5.41) is 20.3. The predicted octanol–water partition coefficient (Wildman–Crippen LogP) is 3.56. The summed E-state index contributed by atoms with van der Waals surface area (Å²) >= 11 is 3.14. The molecule has 11 heteroatoms. The molecule has 1 aliphatic rings. The molecule has 3 aromatic carbocycles. The van der Waals surface area contributed by atoms with E-state index < -0.39 is 46.9 Å². The molecule has 0 fully saturated rings. The van der Waals surface area contributed by atoms with E-state index >= 15 is 0 Å². The number of carboxylic acids is 1. The van der Waals surface area contributed by atoms with Gasteiger partial charge in [0.2, 0.25) is 0 Å². The Morgan fingerprint density at radius 3 is 2.18 bits per heavy atom. The van der Waals surface area contributed by atoms with Crippen molar-refractivity contribution in [3.63, 3.8) is 0 Å². The van der Waals surface area contributed by atoms with Gasteiger partial charge < -0.3 is 14.9 Å². The first-order valence-corrected chi connectivity index (χ1v) is 10.7. The number of phenolic OH excluding ortho intramolecular Hbond substituents is 1. The Morgan fingerprint density at radius 1 is 1.00 bits per heavy atom. The maximum absolute atomic E-state index is 13.1. The lowest BCUT2D eigenvalue weighted by Gasteiger charge is -2.26. The van der Waals surface area contributed by atoms with Crippen molar-refractivity contribution in [2.75, 3.05) is 10.9 Å². The van der Waals surface area contributed by atoms with E-state index in [2.05, 4.69) is 0 Å². The van der Waals surface area contributed by atoms with Gasteiger partial charge in [-0.1, -0.05) is 35.9 Å². The smallest absolute Gasteiger partial charge is 0.341 e. The Labute approximate surface area is 194 Å². The molecule has 0 spiro atoms. The monoisotopic (exact) mass is 487 g/mol. The number of hydrogen-bond donors (Lipinski definition) is 3. The number of carbonyl (C=O) groups excluding carboxylic acids is 2. The molecule has 1 atom stereocenters. The number of carboxylic acid groups (broad SMARTS) is 1. The average molecular weight is 488 g/mol. The molecule has 3 aromatic rings. The number of carbonyl (C=O) groups is 3. The largest absolute Gasteiger partial charge is 0.504 e. The zero-order valence-corrected chi connectivity index (χ0v) is 18.1. The summed E-state index contributed by atoms with van der Waals surface area (Å²) in [4.78, 5) is 37.3. The number of hydrogen-bond acceptors (Lipinski definition) is 6. The molecule has 0 saturated carbocycles. The van der Waals surface area contributed by atoms with Crippen LogP contribution in [0.15, 0.2) is 54.6 Å². The summed E-state index contributed by atoms with van der Waals surface area (Å²) in [6.45, 7) is -0.926. The zero-order chi connectivity index (χ0) is 23.9. The van der Waals surface area contributed by atoms with Gasteiger partial charge >= 0.3 is 5.97 Å². The van der Waals surface area contributed by atoms with Crippen LogP contribution in [0.1, 0.15) is 31.8 Å². The third kappa shape index (κ3) is 3.95. The summed E-state index contributed by atoms with van der Waals surface area (Å²) in [7, 11) is 0. The highest BCUT2D eigenvalue weighted by molar-refractivity contribution is 7.81. The quantitative estimate of drug-likeness (QED) is 0.350. The predicted molar refractivity (Wildman–Crippen MR) is 119 cm³/mol. The minimum atomic E-state index is -2.76. The van der Waals surface area contributed by atoms with Gasteiger partial charge in [-0.2, -0.15) is 0 Å². The molecule has 0 amide bonds. The molecule has 1 unspecified atom stereocenters. The first kappa shape index (κ1) is 22.5. The van der Waals surface area contributed by atoms with Gasteiger partial charge in [-0.05, 0) is 30.3 Å². The summed E-state index contributed by atoms with van der Waals surface area (Å²) in [6.07, 6.45) is 0. The van der Waals surface area contributed by atoms with Crippen LogP contribution in [0.5, 0.6) is 11.5 Å². The highest BCUT2D eigenvalue weighted by atomic mass is 35.5. The second kappa shape index (κ2) is 8.66. The highest BCUT2D eigenvalue weighted by Gasteiger charge is 2.36. The highest BCUT2D eigenvalue weighted by Crippen LogP contribution is 2.47. The third-order valence-corrected chi connectivity index (χ3v) is 5.87. The number of benzene rings is 3. The Kier molecular flexibility index (Phi) is 5.90. The van der Waals surface area contributed by atoms with Gasteiger partial charge in [0.25, 0.3) is 11.3 Å². The van der Waals surface area contributed by atoms with Crippen molar-refractivity contribution in [1.29, 1.82) is 0 Å². The molecule has 3 N–H and O–H groups in total. The SMILES string of the molecule is O=C(O)COc1c(N(c2ccc(Cl)cc2)S(=O)O)cc2c(c1O)C(=O)c1ccccc1C2=O. The molecule has 0 aliphatic heterocycles. The average Bonchev–Trinajstić information content (AvgIpc) is 2.78. The number of anilines is 2.